The zero-order chi connectivity index (χ0) is 18.5. The van der Waals surface area contributed by atoms with Crippen molar-refractivity contribution in [3.63, 3.8) is 0 Å². The molecule has 6 nitrogen and oxygen atoms in total. The summed E-state index contributed by atoms with van der Waals surface area (Å²) in [7, 11) is 2.01. The summed E-state index contributed by atoms with van der Waals surface area (Å²) in [5, 5.41) is 3.43. The fraction of sp³-hybridized carbons (Fsp3) is 0.500. The molecule has 1 amide bonds. The summed E-state index contributed by atoms with van der Waals surface area (Å²) in [4.78, 5) is 21.8. The minimum absolute atomic E-state index is 0.124. The zero-order valence-electron chi connectivity index (χ0n) is 15.9. The number of rotatable bonds is 6. The third-order valence-electron chi connectivity index (χ3n) is 4.99. The smallest absolute Gasteiger partial charge is 0.237 e. The van der Waals surface area contributed by atoms with Crippen molar-refractivity contribution >= 4 is 5.91 Å². The Morgan fingerprint density at radius 3 is 2.77 bits per heavy atom. The average Bonchev–Trinajstić information content (AvgIpc) is 3.06. The Balaban J connectivity index is 1.72. The van der Waals surface area contributed by atoms with E-state index >= 15 is 0 Å². The van der Waals surface area contributed by atoms with Crippen molar-refractivity contribution in [2.45, 2.75) is 32.5 Å². The Labute approximate surface area is 155 Å². The van der Waals surface area contributed by atoms with E-state index in [-0.39, 0.29) is 18.0 Å². The Morgan fingerprint density at radius 1 is 1.35 bits per heavy atom. The van der Waals surface area contributed by atoms with Gasteiger partial charge < -0.3 is 14.8 Å². The summed E-state index contributed by atoms with van der Waals surface area (Å²) in [6, 6.07) is 10.5. The number of carbonyl (C=O) groups excluding carboxylic acids is 1. The van der Waals surface area contributed by atoms with Gasteiger partial charge in [0.15, 0.2) is 0 Å². The van der Waals surface area contributed by atoms with E-state index in [0.717, 1.165) is 31.0 Å². The molecule has 1 atom stereocenters. The molecule has 3 rings (SSSR count). The molecule has 2 heterocycles. The van der Waals surface area contributed by atoms with Crippen LogP contribution in [-0.4, -0.2) is 57.5 Å². The molecule has 1 aliphatic rings. The molecule has 0 aliphatic carbocycles. The number of carbonyl (C=O) groups is 1. The van der Waals surface area contributed by atoms with Crippen molar-refractivity contribution in [2.24, 2.45) is 7.05 Å². The second-order valence-electron chi connectivity index (χ2n) is 7.19. The molecule has 26 heavy (non-hydrogen) atoms. The number of piperazine rings is 1. The molecule has 1 aromatic carbocycles. The molecule has 6 heteroatoms. The molecule has 1 N–H and O–H groups in total. The van der Waals surface area contributed by atoms with Crippen LogP contribution in [0.2, 0.25) is 0 Å². The fourth-order valence-electron chi connectivity index (χ4n) is 3.49. The predicted octanol–water partition coefficient (Wildman–Crippen LogP) is 1.80. The summed E-state index contributed by atoms with van der Waals surface area (Å²) in [5.41, 5.74) is 1.16. The maximum Gasteiger partial charge on any atom is 0.237 e. The van der Waals surface area contributed by atoms with Crippen molar-refractivity contribution in [1.82, 2.24) is 24.7 Å². The van der Waals surface area contributed by atoms with Crippen LogP contribution in [-0.2, 0) is 18.4 Å². The first kappa shape index (κ1) is 18.6. The Hall–Kier alpha value is -2.18. The van der Waals surface area contributed by atoms with Gasteiger partial charge in [0.05, 0.1) is 12.6 Å². The first-order valence-corrected chi connectivity index (χ1v) is 9.31. The summed E-state index contributed by atoms with van der Waals surface area (Å²) in [6.45, 7) is 7.79. The van der Waals surface area contributed by atoms with Crippen LogP contribution < -0.4 is 5.32 Å². The normalized spacial score (nSPS) is 18.2. The molecule has 0 bridgehead atoms. The number of aryl methyl sites for hydroxylation is 1. The first-order valence-electron chi connectivity index (χ1n) is 9.31. The molecule has 140 valence electrons. The van der Waals surface area contributed by atoms with E-state index in [1.165, 1.54) is 0 Å². The van der Waals surface area contributed by atoms with E-state index in [0.29, 0.717) is 13.1 Å². The van der Waals surface area contributed by atoms with Crippen molar-refractivity contribution in [3.8, 4) is 0 Å². The quantitative estimate of drug-likeness (QED) is 0.859. The van der Waals surface area contributed by atoms with Crippen molar-refractivity contribution in [3.05, 3.63) is 54.1 Å². The second-order valence-corrected chi connectivity index (χ2v) is 7.19. The number of amides is 1. The summed E-state index contributed by atoms with van der Waals surface area (Å²) in [6.07, 6.45) is 3.78. The van der Waals surface area contributed by atoms with Gasteiger partial charge in [-0.1, -0.05) is 30.3 Å². The van der Waals surface area contributed by atoms with E-state index in [1.807, 2.05) is 47.1 Å². The van der Waals surface area contributed by atoms with Gasteiger partial charge in [0, 0.05) is 51.7 Å². The molecule has 1 saturated heterocycles. The van der Waals surface area contributed by atoms with Crippen LogP contribution in [0.15, 0.2) is 42.7 Å². The molecule has 0 saturated carbocycles. The molecule has 0 spiro atoms. The topological polar surface area (TPSA) is 53.4 Å². The summed E-state index contributed by atoms with van der Waals surface area (Å²) in [5.74, 6) is 1.18. The molecule has 1 aromatic heterocycles. The van der Waals surface area contributed by atoms with Crippen LogP contribution in [0.1, 0.15) is 31.3 Å². The van der Waals surface area contributed by atoms with E-state index in [9.17, 15) is 4.79 Å². The lowest BCUT2D eigenvalue weighted by molar-refractivity contribution is -0.135. The van der Waals surface area contributed by atoms with Crippen LogP contribution >= 0.6 is 0 Å². The van der Waals surface area contributed by atoms with Crippen LogP contribution in [0.25, 0.3) is 0 Å². The zero-order valence-corrected chi connectivity index (χ0v) is 15.9. The van der Waals surface area contributed by atoms with Crippen LogP contribution in [0.3, 0.4) is 0 Å². The number of imidazole rings is 1. The van der Waals surface area contributed by atoms with E-state index < -0.39 is 0 Å². The lowest BCUT2D eigenvalue weighted by Crippen LogP contribution is -2.51. The van der Waals surface area contributed by atoms with Gasteiger partial charge in [-0.05, 0) is 19.4 Å². The molecule has 1 aliphatic heterocycles. The van der Waals surface area contributed by atoms with E-state index in [1.54, 1.807) is 0 Å². The number of aromatic nitrogens is 2. The van der Waals surface area contributed by atoms with Crippen molar-refractivity contribution in [2.75, 3.05) is 26.2 Å². The van der Waals surface area contributed by atoms with Gasteiger partial charge in [-0.3, -0.25) is 9.69 Å². The Morgan fingerprint density at radius 2 is 2.12 bits per heavy atom. The minimum Gasteiger partial charge on any atom is -0.337 e. The van der Waals surface area contributed by atoms with Crippen LogP contribution in [0.5, 0.6) is 0 Å². The maximum absolute atomic E-state index is 13.1. The third-order valence-corrected chi connectivity index (χ3v) is 4.99. The Kier molecular flexibility index (Phi) is 6.06. The predicted molar refractivity (Wildman–Crippen MR) is 103 cm³/mol. The molecule has 2 aromatic rings. The van der Waals surface area contributed by atoms with Gasteiger partial charge in [0.2, 0.25) is 5.91 Å². The highest BCUT2D eigenvalue weighted by molar-refractivity contribution is 5.78. The highest BCUT2D eigenvalue weighted by Gasteiger charge is 2.30. The van der Waals surface area contributed by atoms with Gasteiger partial charge in [-0.2, -0.15) is 0 Å². The van der Waals surface area contributed by atoms with E-state index in [2.05, 4.69) is 41.2 Å². The lowest BCUT2D eigenvalue weighted by atomic mass is 10.1. The van der Waals surface area contributed by atoms with Gasteiger partial charge in [0.1, 0.15) is 5.82 Å². The van der Waals surface area contributed by atoms with Crippen LogP contribution in [0, 0.1) is 0 Å². The Bertz CT molecular complexity index is 712. The SMILES string of the molecule is CC(C)N(Cc1ccccc1)C(=O)CN1CCNCC1c1nccn1C. The van der Waals surface area contributed by atoms with Crippen LogP contribution in [0.4, 0.5) is 0 Å². The molecule has 0 radical (unpaired) electrons. The summed E-state index contributed by atoms with van der Waals surface area (Å²) < 4.78 is 2.04. The number of benzene rings is 1. The molecule has 1 fully saturated rings. The van der Waals surface area contributed by atoms with Gasteiger partial charge in [-0.25, -0.2) is 4.98 Å². The molecular weight excluding hydrogens is 326 g/mol. The average molecular weight is 355 g/mol. The number of nitrogens with one attached hydrogen (secondary N) is 1. The molecule has 1 unspecified atom stereocenters. The maximum atomic E-state index is 13.1. The highest BCUT2D eigenvalue weighted by atomic mass is 16.2. The largest absolute Gasteiger partial charge is 0.337 e. The first-order chi connectivity index (χ1) is 12.6. The summed E-state index contributed by atoms with van der Waals surface area (Å²) >= 11 is 0. The fourth-order valence-corrected chi connectivity index (χ4v) is 3.49. The monoisotopic (exact) mass is 355 g/mol. The van der Waals surface area contributed by atoms with E-state index in [4.69, 9.17) is 0 Å². The highest BCUT2D eigenvalue weighted by Crippen LogP contribution is 2.21. The molecular formula is C20H29N5O. The number of hydrogen-bond acceptors (Lipinski definition) is 4. The standard InChI is InChI=1S/C20H29N5O/c1-16(2)25(14-17-7-5-4-6-8-17)19(26)15-24-12-9-21-13-18(24)20-22-10-11-23(20)3/h4-8,10-11,16,18,21H,9,12-15H2,1-3H3. The second kappa shape index (κ2) is 8.47. The number of hydrogen-bond donors (Lipinski definition) is 1. The van der Waals surface area contributed by atoms with Gasteiger partial charge in [-0.15, -0.1) is 0 Å². The van der Waals surface area contributed by atoms with Gasteiger partial charge in [0.25, 0.3) is 0 Å². The third kappa shape index (κ3) is 4.31. The van der Waals surface area contributed by atoms with Crippen molar-refractivity contribution < 1.29 is 4.79 Å². The minimum atomic E-state index is 0.124. The number of nitrogens with zero attached hydrogens (tertiary/aromatic N) is 4. The van der Waals surface area contributed by atoms with Gasteiger partial charge >= 0.3 is 0 Å². The van der Waals surface area contributed by atoms with Crippen molar-refractivity contribution in [1.29, 1.82) is 0 Å². The lowest BCUT2D eigenvalue weighted by Gasteiger charge is -2.37.